The van der Waals surface area contributed by atoms with Crippen LogP contribution < -0.4 is 9.80 Å². The minimum absolute atomic E-state index is 0.0461. The molecule has 0 radical (unpaired) electrons. The van der Waals surface area contributed by atoms with Crippen LogP contribution >= 0.6 is 22.9 Å². The van der Waals surface area contributed by atoms with Crippen molar-refractivity contribution in [1.29, 1.82) is 0 Å². The van der Waals surface area contributed by atoms with Gasteiger partial charge in [-0.1, -0.05) is 96.5 Å². The first-order valence-corrected chi connectivity index (χ1v) is 14.2. The Balaban J connectivity index is 1.43. The van der Waals surface area contributed by atoms with E-state index in [0.29, 0.717) is 22.7 Å². The van der Waals surface area contributed by atoms with Crippen LogP contribution in [0, 0.1) is 0 Å². The third-order valence-electron chi connectivity index (χ3n) is 7.32. The molecule has 0 bridgehead atoms. The van der Waals surface area contributed by atoms with Crippen LogP contribution in [0.25, 0.3) is 10.1 Å². The molecular formula is C33H27ClN2O2S. The Labute approximate surface area is 237 Å². The molecule has 4 aromatic carbocycles. The number of carbonyl (C=O) groups is 2. The number of fused-ring (bicyclic) bond motifs is 2. The van der Waals surface area contributed by atoms with E-state index in [-0.39, 0.29) is 23.9 Å². The van der Waals surface area contributed by atoms with Gasteiger partial charge >= 0.3 is 0 Å². The van der Waals surface area contributed by atoms with Crippen molar-refractivity contribution in [2.45, 2.75) is 31.8 Å². The molecule has 0 N–H and O–H groups in total. The monoisotopic (exact) mass is 550 g/mol. The maximum Gasteiger partial charge on any atom is 0.270 e. The number of hydrogen-bond acceptors (Lipinski definition) is 3. The van der Waals surface area contributed by atoms with Gasteiger partial charge in [0.25, 0.3) is 5.91 Å². The Morgan fingerprint density at radius 2 is 1.51 bits per heavy atom. The van der Waals surface area contributed by atoms with E-state index in [2.05, 4.69) is 6.92 Å². The van der Waals surface area contributed by atoms with Gasteiger partial charge in [0.2, 0.25) is 5.91 Å². The lowest BCUT2D eigenvalue weighted by molar-refractivity contribution is -0.118. The average Bonchev–Trinajstić information content (AvgIpc) is 3.30. The van der Waals surface area contributed by atoms with Gasteiger partial charge in [0.05, 0.1) is 17.5 Å². The van der Waals surface area contributed by atoms with Crippen LogP contribution in [-0.4, -0.2) is 17.9 Å². The Morgan fingerprint density at radius 3 is 2.26 bits per heavy atom. The van der Waals surface area contributed by atoms with E-state index in [1.165, 1.54) is 11.3 Å². The number of nitrogens with zero attached hydrogens (tertiary/aromatic N) is 2. The van der Waals surface area contributed by atoms with Crippen molar-refractivity contribution in [3.8, 4) is 0 Å². The van der Waals surface area contributed by atoms with E-state index in [9.17, 15) is 9.59 Å². The zero-order valence-corrected chi connectivity index (χ0v) is 23.0. The number of carbonyl (C=O) groups excluding carboxylic acids is 2. The summed E-state index contributed by atoms with van der Waals surface area (Å²) >= 11 is 8.22. The van der Waals surface area contributed by atoms with E-state index < -0.39 is 0 Å². The topological polar surface area (TPSA) is 40.6 Å². The van der Waals surface area contributed by atoms with Crippen LogP contribution in [0.5, 0.6) is 0 Å². The Bertz CT molecular complexity index is 1650. The van der Waals surface area contributed by atoms with Crippen LogP contribution in [0.15, 0.2) is 109 Å². The molecule has 194 valence electrons. The van der Waals surface area contributed by atoms with Crippen molar-refractivity contribution in [3.63, 3.8) is 0 Å². The maximum absolute atomic E-state index is 14.4. The van der Waals surface area contributed by atoms with E-state index in [0.717, 1.165) is 32.6 Å². The number of hydrogen-bond donors (Lipinski definition) is 0. The van der Waals surface area contributed by atoms with Crippen LogP contribution in [0.1, 0.15) is 40.2 Å². The normalized spacial score (nSPS) is 16.6. The Morgan fingerprint density at radius 1 is 0.872 bits per heavy atom. The minimum Gasteiger partial charge on any atom is -0.309 e. The van der Waals surface area contributed by atoms with E-state index in [4.69, 9.17) is 11.6 Å². The molecule has 6 rings (SSSR count). The van der Waals surface area contributed by atoms with Gasteiger partial charge in [-0.25, -0.2) is 0 Å². The van der Waals surface area contributed by atoms with Gasteiger partial charge in [0, 0.05) is 27.5 Å². The molecule has 0 saturated carbocycles. The number of anilines is 2. The summed E-state index contributed by atoms with van der Waals surface area (Å²) in [5.41, 5.74) is 3.58. The van der Waals surface area contributed by atoms with Crippen LogP contribution in [0.4, 0.5) is 11.4 Å². The van der Waals surface area contributed by atoms with Crippen molar-refractivity contribution in [2.75, 3.05) is 9.80 Å². The summed E-state index contributed by atoms with van der Waals surface area (Å²) in [5, 5.41) is 1.37. The SMILES string of the molecule is C[C@@H]1C[C@H](N(C(=O)c2sc3ccccc3c2Cl)c2ccccc2)c2ccccc2N1C(=O)Cc1ccccc1. The summed E-state index contributed by atoms with van der Waals surface area (Å²) in [6.45, 7) is 2.06. The van der Waals surface area contributed by atoms with Crippen molar-refractivity contribution in [1.82, 2.24) is 0 Å². The predicted octanol–water partition coefficient (Wildman–Crippen LogP) is 8.31. The largest absolute Gasteiger partial charge is 0.309 e. The first-order chi connectivity index (χ1) is 19.0. The molecule has 4 nitrogen and oxygen atoms in total. The Kier molecular flexibility index (Phi) is 6.94. The quantitative estimate of drug-likeness (QED) is 0.221. The van der Waals surface area contributed by atoms with Crippen LogP contribution in [0.3, 0.4) is 0 Å². The highest BCUT2D eigenvalue weighted by atomic mass is 35.5. The van der Waals surface area contributed by atoms with E-state index in [1.54, 1.807) is 0 Å². The maximum atomic E-state index is 14.4. The van der Waals surface area contributed by atoms with Crippen molar-refractivity contribution in [3.05, 3.63) is 130 Å². The smallest absolute Gasteiger partial charge is 0.270 e. The summed E-state index contributed by atoms with van der Waals surface area (Å²) in [6, 6.07) is 35.0. The molecule has 2 heterocycles. The highest BCUT2D eigenvalue weighted by Gasteiger charge is 2.39. The van der Waals surface area contributed by atoms with Crippen molar-refractivity contribution in [2.24, 2.45) is 0 Å². The lowest BCUT2D eigenvalue weighted by Crippen LogP contribution is -2.48. The third-order valence-corrected chi connectivity index (χ3v) is 8.98. The van der Waals surface area contributed by atoms with Crippen LogP contribution in [0.2, 0.25) is 5.02 Å². The van der Waals surface area contributed by atoms with Gasteiger partial charge in [-0.3, -0.25) is 14.5 Å². The fourth-order valence-corrected chi connectivity index (χ4v) is 7.00. The fraction of sp³-hybridized carbons (Fsp3) is 0.152. The second-order valence-corrected chi connectivity index (χ2v) is 11.3. The highest BCUT2D eigenvalue weighted by molar-refractivity contribution is 7.21. The standard InChI is InChI=1S/C33H27ClN2O2S/c1-22-20-28(25-16-8-10-18-27(25)35(22)30(37)21-23-12-4-2-5-13-23)36(24-14-6-3-7-15-24)33(38)32-31(34)26-17-9-11-19-29(26)39-32/h2-19,22,28H,20-21H2,1H3/t22-,28+/m1/s1. The zero-order valence-electron chi connectivity index (χ0n) is 21.5. The molecule has 6 heteroatoms. The van der Waals surface area contributed by atoms with Gasteiger partial charge in [0.1, 0.15) is 4.88 Å². The Hall–Kier alpha value is -3.93. The second kappa shape index (κ2) is 10.7. The number of thiophene rings is 1. The summed E-state index contributed by atoms with van der Waals surface area (Å²) in [6.07, 6.45) is 0.920. The molecule has 0 saturated heterocycles. The number of benzene rings is 4. The van der Waals surface area contributed by atoms with Crippen molar-refractivity contribution >= 4 is 56.2 Å². The summed E-state index contributed by atoms with van der Waals surface area (Å²) < 4.78 is 0.981. The predicted molar refractivity (Wildman–Crippen MR) is 161 cm³/mol. The molecule has 0 spiro atoms. The van der Waals surface area contributed by atoms with E-state index >= 15 is 0 Å². The molecule has 0 fully saturated rings. The van der Waals surface area contributed by atoms with Gasteiger partial charge in [0.15, 0.2) is 0 Å². The van der Waals surface area contributed by atoms with Gasteiger partial charge in [-0.15, -0.1) is 11.3 Å². The molecule has 2 amide bonds. The molecule has 1 aromatic heterocycles. The molecule has 0 aliphatic carbocycles. The summed E-state index contributed by atoms with van der Waals surface area (Å²) in [5.74, 6) is -0.0896. The highest BCUT2D eigenvalue weighted by Crippen LogP contribution is 2.45. The third kappa shape index (κ3) is 4.73. The van der Waals surface area contributed by atoms with Crippen molar-refractivity contribution < 1.29 is 9.59 Å². The molecule has 5 aromatic rings. The number of rotatable bonds is 5. The number of para-hydroxylation sites is 2. The molecule has 39 heavy (non-hydrogen) atoms. The number of amides is 2. The first kappa shape index (κ1) is 25.4. The minimum atomic E-state index is -0.270. The van der Waals surface area contributed by atoms with Crippen LogP contribution in [-0.2, 0) is 11.2 Å². The molecule has 2 atom stereocenters. The molecule has 1 aliphatic rings. The first-order valence-electron chi connectivity index (χ1n) is 13.0. The second-order valence-electron chi connectivity index (χ2n) is 9.84. The molecular weight excluding hydrogens is 524 g/mol. The molecule has 0 unspecified atom stereocenters. The fourth-order valence-electron chi connectivity index (χ4n) is 5.55. The van der Waals surface area contributed by atoms with E-state index in [1.807, 2.05) is 119 Å². The summed E-state index contributed by atoms with van der Waals surface area (Å²) in [7, 11) is 0. The zero-order chi connectivity index (χ0) is 26.9. The number of halogens is 1. The summed E-state index contributed by atoms with van der Waals surface area (Å²) in [4.78, 5) is 32.3. The lowest BCUT2D eigenvalue weighted by Gasteiger charge is -2.43. The average molecular weight is 551 g/mol. The van der Waals surface area contributed by atoms with Gasteiger partial charge in [-0.2, -0.15) is 0 Å². The lowest BCUT2D eigenvalue weighted by atomic mass is 9.89. The molecule has 1 aliphatic heterocycles. The van der Waals surface area contributed by atoms with Gasteiger partial charge < -0.3 is 4.90 Å². The van der Waals surface area contributed by atoms with Gasteiger partial charge in [-0.05, 0) is 48.7 Å².